The van der Waals surface area contributed by atoms with E-state index in [0.717, 1.165) is 18.5 Å². The lowest BCUT2D eigenvalue weighted by molar-refractivity contribution is -0.139. The fourth-order valence-corrected chi connectivity index (χ4v) is 3.77. The SMILES string of the molecule is COc1cccc(C(=O)N2CC(=O)N3CCc4ccccc4C3C2)c1. The van der Waals surface area contributed by atoms with Crippen molar-refractivity contribution >= 4 is 11.8 Å². The molecule has 2 amide bonds. The first kappa shape index (κ1) is 15.7. The molecule has 0 N–H and O–H groups in total. The first-order valence-electron chi connectivity index (χ1n) is 8.48. The van der Waals surface area contributed by atoms with Crippen molar-refractivity contribution in [2.24, 2.45) is 0 Å². The second kappa shape index (κ2) is 6.24. The fourth-order valence-electron chi connectivity index (χ4n) is 3.77. The molecule has 2 aromatic rings. The number of piperazine rings is 1. The molecular weight excluding hydrogens is 316 g/mol. The molecule has 0 radical (unpaired) electrons. The zero-order valence-electron chi connectivity index (χ0n) is 14.1. The van der Waals surface area contributed by atoms with Crippen LogP contribution in [0.5, 0.6) is 5.75 Å². The number of carbonyl (C=O) groups is 2. The van der Waals surface area contributed by atoms with Gasteiger partial charge in [0, 0.05) is 18.7 Å². The Hall–Kier alpha value is -2.82. The Morgan fingerprint density at radius 2 is 2.00 bits per heavy atom. The number of hydrogen-bond acceptors (Lipinski definition) is 3. The van der Waals surface area contributed by atoms with Gasteiger partial charge in [-0.05, 0) is 35.7 Å². The summed E-state index contributed by atoms with van der Waals surface area (Å²) in [6, 6.07) is 15.2. The molecule has 0 bridgehead atoms. The minimum absolute atomic E-state index is 0.0157. The van der Waals surface area contributed by atoms with Gasteiger partial charge in [-0.3, -0.25) is 9.59 Å². The van der Waals surface area contributed by atoms with Crippen LogP contribution in [-0.4, -0.2) is 48.4 Å². The van der Waals surface area contributed by atoms with Gasteiger partial charge in [-0.2, -0.15) is 0 Å². The van der Waals surface area contributed by atoms with Crippen LogP contribution in [0.3, 0.4) is 0 Å². The summed E-state index contributed by atoms with van der Waals surface area (Å²) < 4.78 is 5.20. The van der Waals surface area contributed by atoms with Crippen LogP contribution >= 0.6 is 0 Å². The Kier molecular flexibility index (Phi) is 3.92. The highest BCUT2D eigenvalue weighted by Crippen LogP contribution is 2.33. The molecule has 2 heterocycles. The average molecular weight is 336 g/mol. The van der Waals surface area contributed by atoms with E-state index in [1.54, 1.807) is 36.3 Å². The van der Waals surface area contributed by atoms with Crippen molar-refractivity contribution in [2.45, 2.75) is 12.5 Å². The van der Waals surface area contributed by atoms with Gasteiger partial charge in [0.05, 0.1) is 13.2 Å². The number of methoxy groups -OCH3 is 1. The van der Waals surface area contributed by atoms with Crippen molar-refractivity contribution in [1.29, 1.82) is 0 Å². The van der Waals surface area contributed by atoms with Crippen molar-refractivity contribution in [3.8, 4) is 5.75 Å². The van der Waals surface area contributed by atoms with Gasteiger partial charge in [0.1, 0.15) is 12.3 Å². The van der Waals surface area contributed by atoms with Crippen LogP contribution in [0.15, 0.2) is 48.5 Å². The van der Waals surface area contributed by atoms with E-state index in [0.29, 0.717) is 17.9 Å². The molecule has 5 nitrogen and oxygen atoms in total. The molecule has 2 aliphatic rings. The van der Waals surface area contributed by atoms with E-state index in [1.165, 1.54) is 5.56 Å². The number of rotatable bonds is 2. The molecule has 1 saturated heterocycles. The standard InChI is InChI=1S/C20H20N2O3/c1-25-16-7-4-6-15(11-16)20(24)21-12-18-17-8-3-2-5-14(17)9-10-22(18)19(23)13-21/h2-8,11,18H,9-10,12-13H2,1H3. The lowest BCUT2D eigenvalue weighted by Gasteiger charge is -2.44. The Morgan fingerprint density at radius 3 is 2.84 bits per heavy atom. The second-order valence-electron chi connectivity index (χ2n) is 6.47. The molecule has 128 valence electrons. The first-order valence-corrected chi connectivity index (χ1v) is 8.48. The summed E-state index contributed by atoms with van der Waals surface area (Å²) in [5.74, 6) is 0.524. The minimum atomic E-state index is -0.130. The van der Waals surface area contributed by atoms with Gasteiger partial charge in [-0.25, -0.2) is 0 Å². The summed E-state index contributed by atoms with van der Waals surface area (Å²) in [4.78, 5) is 29.1. The zero-order valence-corrected chi connectivity index (χ0v) is 14.1. The van der Waals surface area contributed by atoms with Crippen LogP contribution in [-0.2, 0) is 11.2 Å². The van der Waals surface area contributed by atoms with E-state index in [9.17, 15) is 9.59 Å². The highest BCUT2D eigenvalue weighted by atomic mass is 16.5. The molecule has 1 unspecified atom stereocenters. The van der Waals surface area contributed by atoms with Gasteiger partial charge in [0.15, 0.2) is 0 Å². The van der Waals surface area contributed by atoms with Crippen molar-refractivity contribution in [2.75, 3.05) is 26.7 Å². The van der Waals surface area contributed by atoms with E-state index in [1.807, 2.05) is 17.0 Å². The van der Waals surface area contributed by atoms with Crippen molar-refractivity contribution in [3.05, 3.63) is 65.2 Å². The number of benzene rings is 2. The van der Waals surface area contributed by atoms with Crippen molar-refractivity contribution in [1.82, 2.24) is 9.80 Å². The van der Waals surface area contributed by atoms with Gasteiger partial charge in [0.25, 0.3) is 5.91 Å². The van der Waals surface area contributed by atoms with Crippen LogP contribution in [0.2, 0.25) is 0 Å². The third-order valence-corrected chi connectivity index (χ3v) is 5.06. The van der Waals surface area contributed by atoms with Crippen LogP contribution in [0, 0.1) is 0 Å². The largest absolute Gasteiger partial charge is 0.497 e. The highest BCUT2D eigenvalue weighted by Gasteiger charge is 2.38. The maximum absolute atomic E-state index is 12.9. The molecule has 4 rings (SSSR count). The quantitative estimate of drug-likeness (QED) is 0.845. The van der Waals surface area contributed by atoms with Crippen LogP contribution in [0.4, 0.5) is 0 Å². The van der Waals surface area contributed by atoms with E-state index in [2.05, 4.69) is 12.1 Å². The molecular formula is C20H20N2O3. The monoisotopic (exact) mass is 336 g/mol. The summed E-state index contributed by atoms with van der Waals surface area (Å²) in [5.41, 5.74) is 2.97. The molecule has 2 aliphatic heterocycles. The molecule has 2 aromatic carbocycles. The maximum atomic E-state index is 12.9. The topological polar surface area (TPSA) is 49.9 Å². The summed E-state index contributed by atoms with van der Waals surface area (Å²) in [6.45, 7) is 1.38. The summed E-state index contributed by atoms with van der Waals surface area (Å²) in [6.07, 6.45) is 0.877. The Bertz CT molecular complexity index is 833. The van der Waals surface area contributed by atoms with Crippen molar-refractivity contribution in [3.63, 3.8) is 0 Å². The maximum Gasteiger partial charge on any atom is 0.254 e. The van der Waals surface area contributed by atoms with Gasteiger partial charge in [-0.15, -0.1) is 0 Å². The number of nitrogens with zero attached hydrogens (tertiary/aromatic N) is 2. The molecule has 25 heavy (non-hydrogen) atoms. The Balaban J connectivity index is 1.63. The molecule has 0 aliphatic carbocycles. The Labute approximate surface area is 146 Å². The molecule has 5 heteroatoms. The minimum Gasteiger partial charge on any atom is -0.497 e. The zero-order chi connectivity index (χ0) is 17.4. The molecule has 0 spiro atoms. The van der Waals surface area contributed by atoms with Gasteiger partial charge >= 0.3 is 0 Å². The van der Waals surface area contributed by atoms with E-state index >= 15 is 0 Å². The molecule has 0 saturated carbocycles. The summed E-state index contributed by atoms with van der Waals surface area (Å²) >= 11 is 0. The third kappa shape index (κ3) is 2.76. The van der Waals surface area contributed by atoms with E-state index in [4.69, 9.17) is 4.74 Å². The normalized spacial score (nSPS) is 19.2. The van der Waals surface area contributed by atoms with Crippen LogP contribution < -0.4 is 4.74 Å². The first-order chi connectivity index (χ1) is 12.2. The van der Waals surface area contributed by atoms with Crippen LogP contribution in [0.25, 0.3) is 0 Å². The summed E-state index contributed by atoms with van der Waals surface area (Å²) in [5, 5.41) is 0. The van der Waals surface area contributed by atoms with E-state index in [-0.39, 0.29) is 24.4 Å². The number of ether oxygens (including phenoxy) is 1. The number of carbonyl (C=O) groups excluding carboxylic acids is 2. The molecule has 0 aromatic heterocycles. The predicted octanol–water partition coefficient (Wildman–Crippen LogP) is 2.28. The number of fused-ring (bicyclic) bond motifs is 3. The fraction of sp³-hybridized carbons (Fsp3) is 0.300. The molecule has 1 fully saturated rings. The second-order valence-corrected chi connectivity index (χ2v) is 6.47. The van der Waals surface area contributed by atoms with Crippen LogP contribution in [0.1, 0.15) is 27.5 Å². The van der Waals surface area contributed by atoms with Crippen molar-refractivity contribution < 1.29 is 14.3 Å². The van der Waals surface area contributed by atoms with E-state index < -0.39 is 0 Å². The lowest BCUT2D eigenvalue weighted by atomic mass is 9.90. The number of hydrogen-bond donors (Lipinski definition) is 0. The van der Waals surface area contributed by atoms with Gasteiger partial charge in [0.2, 0.25) is 5.91 Å². The smallest absolute Gasteiger partial charge is 0.254 e. The third-order valence-electron chi connectivity index (χ3n) is 5.06. The predicted molar refractivity (Wildman–Crippen MR) is 93.5 cm³/mol. The Morgan fingerprint density at radius 1 is 1.16 bits per heavy atom. The van der Waals surface area contributed by atoms with Gasteiger partial charge in [-0.1, -0.05) is 30.3 Å². The average Bonchev–Trinajstić information content (AvgIpc) is 2.67. The lowest BCUT2D eigenvalue weighted by Crippen LogP contribution is -2.55. The van der Waals surface area contributed by atoms with Gasteiger partial charge < -0.3 is 14.5 Å². The summed E-state index contributed by atoms with van der Waals surface area (Å²) in [7, 11) is 1.57. The number of amides is 2. The molecule has 1 atom stereocenters. The highest BCUT2D eigenvalue weighted by molar-refractivity contribution is 5.97.